The first-order valence-electron chi connectivity index (χ1n) is 5.16. The van der Waals surface area contributed by atoms with Crippen LogP contribution in [0.15, 0.2) is 48.5 Å². The fraction of sp³-hybridized carbons (Fsp3) is 0.0714. The van der Waals surface area contributed by atoms with Crippen molar-refractivity contribution in [2.24, 2.45) is 0 Å². The Morgan fingerprint density at radius 3 is 2.53 bits per heavy atom. The molecule has 0 fully saturated rings. The summed E-state index contributed by atoms with van der Waals surface area (Å²) in [6.07, 6.45) is 0. The lowest BCUT2D eigenvalue weighted by molar-refractivity contribution is 0.299. The van der Waals surface area contributed by atoms with Crippen LogP contribution >= 0.6 is 0 Å². The predicted molar refractivity (Wildman–Crippen MR) is 61.9 cm³/mol. The molecule has 2 aromatic rings. The number of ether oxygens (including phenoxy) is 1. The molecule has 0 bridgehead atoms. The zero-order valence-corrected chi connectivity index (χ0v) is 9.06. The fourth-order valence-electron chi connectivity index (χ4n) is 1.46. The van der Waals surface area contributed by atoms with E-state index in [4.69, 9.17) is 10.00 Å². The molecule has 0 atom stereocenters. The molecule has 3 heteroatoms. The third-order valence-electron chi connectivity index (χ3n) is 2.35. The second kappa shape index (κ2) is 5.13. The number of halogens is 1. The molecule has 17 heavy (non-hydrogen) atoms. The average molecular weight is 227 g/mol. The van der Waals surface area contributed by atoms with Crippen molar-refractivity contribution >= 4 is 0 Å². The maximum atomic E-state index is 13.3. The quantitative estimate of drug-likeness (QED) is 0.806. The van der Waals surface area contributed by atoms with Crippen LogP contribution in [0.1, 0.15) is 11.1 Å². The fourth-order valence-corrected chi connectivity index (χ4v) is 1.46. The number of nitrogens with zero attached hydrogens (tertiary/aromatic N) is 1. The smallest absolute Gasteiger partial charge is 0.137 e. The van der Waals surface area contributed by atoms with Gasteiger partial charge in [-0.2, -0.15) is 5.26 Å². The Hall–Kier alpha value is -2.34. The van der Waals surface area contributed by atoms with E-state index >= 15 is 0 Å². The van der Waals surface area contributed by atoms with Crippen LogP contribution in [0.3, 0.4) is 0 Å². The van der Waals surface area contributed by atoms with E-state index in [-0.39, 0.29) is 12.4 Å². The van der Waals surface area contributed by atoms with Gasteiger partial charge in [-0.25, -0.2) is 4.39 Å². The number of nitriles is 1. The SMILES string of the molecule is N#Cc1ccccc1OCc1ccccc1F. The summed E-state index contributed by atoms with van der Waals surface area (Å²) in [6, 6.07) is 15.3. The van der Waals surface area contributed by atoms with Crippen LogP contribution in [-0.4, -0.2) is 0 Å². The summed E-state index contributed by atoms with van der Waals surface area (Å²) < 4.78 is 18.8. The summed E-state index contributed by atoms with van der Waals surface area (Å²) in [5.74, 6) is 0.167. The van der Waals surface area contributed by atoms with Gasteiger partial charge in [-0.1, -0.05) is 30.3 Å². The van der Waals surface area contributed by atoms with Crippen LogP contribution in [0, 0.1) is 17.1 Å². The zero-order chi connectivity index (χ0) is 12.1. The number of benzene rings is 2. The van der Waals surface area contributed by atoms with Crippen molar-refractivity contribution in [2.75, 3.05) is 0 Å². The Bertz CT molecular complexity index is 560. The minimum absolute atomic E-state index is 0.116. The Labute approximate surface area is 98.9 Å². The van der Waals surface area contributed by atoms with E-state index in [1.165, 1.54) is 6.07 Å². The third kappa shape index (κ3) is 2.61. The number of hydrogen-bond acceptors (Lipinski definition) is 2. The van der Waals surface area contributed by atoms with E-state index in [0.29, 0.717) is 16.9 Å². The molecular formula is C14H10FNO. The van der Waals surface area contributed by atoms with E-state index in [1.807, 2.05) is 6.07 Å². The second-order valence-electron chi connectivity index (χ2n) is 3.49. The largest absolute Gasteiger partial charge is 0.487 e. The lowest BCUT2D eigenvalue weighted by Gasteiger charge is -2.08. The molecule has 84 valence electrons. The minimum Gasteiger partial charge on any atom is -0.487 e. The first kappa shape index (κ1) is 11.2. The van der Waals surface area contributed by atoms with Crippen LogP contribution in [0.4, 0.5) is 4.39 Å². The number of hydrogen-bond donors (Lipinski definition) is 0. The van der Waals surface area contributed by atoms with Gasteiger partial charge in [0, 0.05) is 5.56 Å². The lowest BCUT2D eigenvalue weighted by Crippen LogP contribution is -1.99. The molecule has 0 aliphatic heterocycles. The molecular weight excluding hydrogens is 217 g/mol. The highest BCUT2D eigenvalue weighted by molar-refractivity contribution is 5.42. The van der Waals surface area contributed by atoms with Gasteiger partial charge in [0.1, 0.15) is 24.2 Å². The minimum atomic E-state index is -0.304. The lowest BCUT2D eigenvalue weighted by atomic mass is 10.2. The normalized spacial score (nSPS) is 9.65. The molecule has 0 aliphatic rings. The highest BCUT2D eigenvalue weighted by Crippen LogP contribution is 2.18. The summed E-state index contributed by atoms with van der Waals surface area (Å²) in [5, 5.41) is 8.87. The Morgan fingerprint density at radius 1 is 1.06 bits per heavy atom. The summed E-state index contributed by atoms with van der Waals surface area (Å²) in [5.41, 5.74) is 0.920. The van der Waals surface area contributed by atoms with Gasteiger partial charge in [-0.05, 0) is 18.2 Å². The van der Waals surface area contributed by atoms with Crippen molar-refractivity contribution in [3.63, 3.8) is 0 Å². The Balaban J connectivity index is 2.13. The second-order valence-corrected chi connectivity index (χ2v) is 3.49. The van der Waals surface area contributed by atoms with Gasteiger partial charge in [0.05, 0.1) is 5.56 Å². The summed E-state index contributed by atoms with van der Waals surface area (Å²) >= 11 is 0. The predicted octanol–water partition coefficient (Wildman–Crippen LogP) is 3.28. The van der Waals surface area contributed by atoms with Crippen molar-refractivity contribution < 1.29 is 9.13 Å². The van der Waals surface area contributed by atoms with Crippen LogP contribution < -0.4 is 4.74 Å². The average Bonchev–Trinajstić information content (AvgIpc) is 2.38. The molecule has 0 saturated carbocycles. The third-order valence-corrected chi connectivity index (χ3v) is 2.35. The topological polar surface area (TPSA) is 33.0 Å². The first-order chi connectivity index (χ1) is 8.31. The zero-order valence-electron chi connectivity index (χ0n) is 9.06. The molecule has 0 N–H and O–H groups in total. The molecule has 0 unspecified atom stereocenters. The van der Waals surface area contributed by atoms with Gasteiger partial charge in [0.15, 0.2) is 0 Å². The van der Waals surface area contributed by atoms with Crippen molar-refractivity contribution in [1.29, 1.82) is 5.26 Å². The van der Waals surface area contributed by atoms with Crippen molar-refractivity contribution in [3.05, 3.63) is 65.5 Å². The maximum Gasteiger partial charge on any atom is 0.137 e. The maximum absolute atomic E-state index is 13.3. The summed E-state index contributed by atoms with van der Waals surface area (Å²) in [7, 11) is 0. The van der Waals surface area contributed by atoms with Gasteiger partial charge < -0.3 is 4.74 Å². The molecule has 2 aromatic carbocycles. The Morgan fingerprint density at radius 2 is 1.76 bits per heavy atom. The Kier molecular flexibility index (Phi) is 3.37. The van der Waals surface area contributed by atoms with Crippen LogP contribution in [-0.2, 0) is 6.61 Å². The monoisotopic (exact) mass is 227 g/mol. The molecule has 0 aliphatic carbocycles. The van der Waals surface area contributed by atoms with Crippen LogP contribution in [0.2, 0.25) is 0 Å². The van der Waals surface area contributed by atoms with Gasteiger partial charge in [-0.15, -0.1) is 0 Å². The van der Waals surface area contributed by atoms with E-state index in [1.54, 1.807) is 42.5 Å². The number of rotatable bonds is 3. The van der Waals surface area contributed by atoms with Gasteiger partial charge in [-0.3, -0.25) is 0 Å². The van der Waals surface area contributed by atoms with Crippen molar-refractivity contribution in [2.45, 2.75) is 6.61 Å². The summed E-state index contributed by atoms with van der Waals surface area (Å²) in [6.45, 7) is 0.116. The highest BCUT2D eigenvalue weighted by Gasteiger charge is 2.04. The number of para-hydroxylation sites is 1. The van der Waals surface area contributed by atoms with E-state index in [2.05, 4.69) is 0 Å². The summed E-state index contributed by atoms with van der Waals surface area (Å²) in [4.78, 5) is 0. The molecule has 0 amide bonds. The molecule has 0 saturated heterocycles. The van der Waals surface area contributed by atoms with Crippen LogP contribution in [0.5, 0.6) is 5.75 Å². The van der Waals surface area contributed by atoms with Gasteiger partial charge in [0.25, 0.3) is 0 Å². The van der Waals surface area contributed by atoms with Gasteiger partial charge >= 0.3 is 0 Å². The van der Waals surface area contributed by atoms with Crippen molar-refractivity contribution in [3.8, 4) is 11.8 Å². The molecule has 0 heterocycles. The van der Waals surface area contributed by atoms with Crippen LogP contribution in [0.25, 0.3) is 0 Å². The molecule has 2 nitrogen and oxygen atoms in total. The molecule has 0 spiro atoms. The standard InChI is InChI=1S/C14H10FNO/c15-13-7-3-1-6-12(13)10-17-14-8-4-2-5-11(14)9-16/h1-8H,10H2. The van der Waals surface area contributed by atoms with Gasteiger partial charge in [0.2, 0.25) is 0 Å². The van der Waals surface area contributed by atoms with E-state index < -0.39 is 0 Å². The highest BCUT2D eigenvalue weighted by atomic mass is 19.1. The molecule has 0 radical (unpaired) electrons. The van der Waals surface area contributed by atoms with Crippen molar-refractivity contribution in [1.82, 2.24) is 0 Å². The molecule has 2 rings (SSSR count). The van der Waals surface area contributed by atoms with E-state index in [9.17, 15) is 4.39 Å². The first-order valence-corrected chi connectivity index (χ1v) is 5.16. The molecule has 0 aromatic heterocycles. The van der Waals surface area contributed by atoms with E-state index in [0.717, 1.165) is 0 Å².